The molecule has 3 aromatic heterocycles. The fourth-order valence-electron chi connectivity index (χ4n) is 5.33. The minimum atomic E-state index is -0.368. The third kappa shape index (κ3) is 5.07. The van der Waals surface area contributed by atoms with E-state index in [1.165, 1.54) is 0 Å². The van der Waals surface area contributed by atoms with Gasteiger partial charge in [0.2, 0.25) is 5.95 Å². The number of anilines is 3. The third-order valence-electron chi connectivity index (χ3n) is 7.63. The molecular weight excluding hydrogens is 547 g/mol. The lowest BCUT2D eigenvalue weighted by molar-refractivity contribution is 0.249. The summed E-state index contributed by atoms with van der Waals surface area (Å²) in [6, 6.07) is 11.2. The van der Waals surface area contributed by atoms with Crippen molar-refractivity contribution in [3.63, 3.8) is 0 Å². The maximum Gasteiger partial charge on any atom is 0.229 e. The molecule has 0 aliphatic carbocycles. The van der Waals surface area contributed by atoms with Gasteiger partial charge in [-0.1, -0.05) is 11.6 Å². The van der Waals surface area contributed by atoms with Gasteiger partial charge in [0.05, 0.1) is 24.9 Å². The molecule has 0 saturated carbocycles. The zero-order chi connectivity index (χ0) is 28.7. The topological polar surface area (TPSA) is 92.9 Å². The van der Waals surface area contributed by atoms with Crippen molar-refractivity contribution >= 4 is 45.6 Å². The van der Waals surface area contributed by atoms with Crippen LogP contribution in [0.5, 0.6) is 11.5 Å². The predicted octanol–water partition coefficient (Wildman–Crippen LogP) is 5.42. The molecule has 12 heteroatoms. The van der Waals surface area contributed by atoms with Gasteiger partial charge in [0, 0.05) is 53.6 Å². The number of fused-ring (bicyclic) bond motifs is 3. The zero-order valence-electron chi connectivity index (χ0n) is 23.2. The number of halogens is 2. The van der Waals surface area contributed by atoms with E-state index in [4.69, 9.17) is 21.1 Å². The lowest BCUT2D eigenvalue weighted by Crippen LogP contribution is -2.42. The van der Waals surface area contributed by atoms with Crippen molar-refractivity contribution in [3.05, 3.63) is 59.8 Å². The Bertz CT molecular complexity index is 1740. The minimum absolute atomic E-state index is 0.250. The van der Waals surface area contributed by atoms with Crippen LogP contribution in [0.15, 0.2) is 48.9 Å². The number of pyridine rings is 1. The number of nitrogens with zero attached hydrogens (tertiary/aromatic N) is 7. The molecule has 4 heterocycles. The molecule has 41 heavy (non-hydrogen) atoms. The normalized spacial score (nSPS) is 14.3. The maximum absolute atomic E-state index is 15.2. The number of nitrogens with one attached hydrogen (secondary N) is 1. The monoisotopic (exact) mass is 576 g/mol. The van der Waals surface area contributed by atoms with Crippen molar-refractivity contribution in [1.82, 2.24) is 29.5 Å². The van der Waals surface area contributed by atoms with Crippen LogP contribution in [0.1, 0.15) is 12.8 Å². The van der Waals surface area contributed by atoms with Crippen LogP contribution < -0.4 is 19.7 Å². The molecule has 10 nitrogen and oxygen atoms in total. The highest BCUT2D eigenvalue weighted by Gasteiger charge is 2.22. The number of hydrogen-bond acceptors (Lipinski definition) is 9. The van der Waals surface area contributed by atoms with E-state index >= 15 is 4.39 Å². The minimum Gasteiger partial charge on any atom is -0.497 e. The first-order valence-electron chi connectivity index (χ1n) is 13.3. The van der Waals surface area contributed by atoms with Gasteiger partial charge >= 0.3 is 0 Å². The molecule has 0 spiro atoms. The fraction of sp³-hybridized carbons (Fsp3) is 0.310. The molecule has 0 bridgehead atoms. The molecule has 6 rings (SSSR count). The second-order valence-electron chi connectivity index (χ2n) is 10.2. The van der Waals surface area contributed by atoms with Crippen molar-refractivity contribution < 1.29 is 13.9 Å². The molecule has 1 N–H and O–H groups in total. The molecule has 1 aliphatic heterocycles. The Balaban J connectivity index is 1.31. The summed E-state index contributed by atoms with van der Waals surface area (Å²) >= 11 is 6.68. The van der Waals surface area contributed by atoms with Crippen LogP contribution in [0.3, 0.4) is 0 Å². The van der Waals surface area contributed by atoms with Gasteiger partial charge in [-0.25, -0.2) is 9.37 Å². The van der Waals surface area contributed by atoms with E-state index in [1.807, 2.05) is 18.2 Å². The van der Waals surface area contributed by atoms with E-state index in [2.05, 4.69) is 49.4 Å². The number of hydrogen-bond donors (Lipinski definition) is 1. The number of piperidine rings is 1. The SMILES string of the molecule is COc1cc(OC)c(Cl)c(-c2cc3cnc(Nc4ccc(N5CCC(N(C)C)CC5)cc4F)nc3n3cnnc23)c1. The Kier molecular flexibility index (Phi) is 7.22. The predicted molar refractivity (Wildman–Crippen MR) is 158 cm³/mol. The van der Waals surface area contributed by atoms with Crippen molar-refractivity contribution in [2.45, 2.75) is 18.9 Å². The highest BCUT2D eigenvalue weighted by molar-refractivity contribution is 6.35. The average Bonchev–Trinajstić information content (AvgIpc) is 3.49. The summed E-state index contributed by atoms with van der Waals surface area (Å²) < 4.78 is 27.8. The second kappa shape index (κ2) is 11.0. The van der Waals surface area contributed by atoms with Gasteiger partial charge in [-0.2, -0.15) is 4.98 Å². The first kappa shape index (κ1) is 27.0. The lowest BCUT2D eigenvalue weighted by Gasteiger charge is -2.36. The molecule has 0 radical (unpaired) electrons. The molecule has 1 fully saturated rings. The van der Waals surface area contributed by atoms with E-state index in [1.54, 1.807) is 49.3 Å². The smallest absolute Gasteiger partial charge is 0.229 e. The Morgan fingerprint density at radius 2 is 1.83 bits per heavy atom. The summed E-state index contributed by atoms with van der Waals surface area (Å²) in [6.07, 6.45) is 5.34. The number of ether oxygens (including phenoxy) is 2. The largest absolute Gasteiger partial charge is 0.497 e. The first-order chi connectivity index (χ1) is 19.9. The van der Waals surface area contributed by atoms with Gasteiger partial charge in [0.25, 0.3) is 0 Å². The molecule has 1 saturated heterocycles. The van der Waals surface area contributed by atoms with Crippen LogP contribution in [0.4, 0.5) is 21.7 Å². The fourth-order valence-corrected chi connectivity index (χ4v) is 5.62. The summed E-state index contributed by atoms with van der Waals surface area (Å²) in [5.41, 5.74) is 3.63. The van der Waals surface area contributed by atoms with Gasteiger partial charge in [-0.05, 0) is 57.3 Å². The molecule has 5 aromatic rings. The summed E-state index contributed by atoms with van der Waals surface area (Å²) in [7, 11) is 7.34. The molecule has 1 aliphatic rings. The van der Waals surface area contributed by atoms with Gasteiger partial charge in [0.15, 0.2) is 11.3 Å². The summed E-state index contributed by atoms with van der Waals surface area (Å²) in [4.78, 5) is 13.6. The molecule has 0 unspecified atom stereocenters. The van der Waals surface area contributed by atoms with E-state index in [-0.39, 0.29) is 11.8 Å². The second-order valence-corrected chi connectivity index (χ2v) is 10.6. The van der Waals surface area contributed by atoms with Gasteiger partial charge in [-0.3, -0.25) is 4.40 Å². The quantitative estimate of drug-likeness (QED) is 0.272. The summed E-state index contributed by atoms with van der Waals surface area (Å²) in [6.45, 7) is 1.79. The summed E-state index contributed by atoms with van der Waals surface area (Å²) in [5.74, 6) is 0.939. The number of benzene rings is 2. The van der Waals surface area contributed by atoms with Crippen molar-refractivity contribution in [2.24, 2.45) is 0 Å². The van der Waals surface area contributed by atoms with Crippen LogP contribution in [-0.4, -0.2) is 76.9 Å². The average molecular weight is 577 g/mol. The zero-order valence-corrected chi connectivity index (χ0v) is 24.0. The standard InChI is InChI=1S/C29H30ClFN8O2/c1-37(2)18-7-9-38(10-8-18)19-5-6-24(23(31)12-19)34-29-32-15-17-11-22(28-36-33-16-39(28)27(17)35-29)21-13-20(40-3)14-25(41-4)26(21)30/h5-6,11-16,18H,7-10H2,1-4H3,(H,32,34,35). The first-order valence-corrected chi connectivity index (χ1v) is 13.6. The van der Waals surface area contributed by atoms with Crippen LogP contribution in [0.25, 0.3) is 27.8 Å². The Labute approximate surface area is 241 Å². The number of methoxy groups -OCH3 is 2. The Morgan fingerprint density at radius 1 is 1.02 bits per heavy atom. The van der Waals surface area contributed by atoms with Crippen LogP contribution in [0.2, 0.25) is 5.02 Å². The Hall–Kier alpha value is -4.22. The number of rotatable bonds is 7. The van der Waals surface area contributed by atoms with Crippen LogP contribution >= 0.6 is 11.6 Å². The van der Waals surface area contributed by atoms with E-state index in [0.29, 0.717) is 56.1 Å². The van der Waals surface area contributed by atoms with E-state index in [9.17, 15) is 0 Å². The molecule has 2 aromatic carbocycles. The van der Waals surface area contributed by atoms with Gasteiger partial charge in [-0.15, -0.1) is 10.2 Å². The lowest BCUT2D eigenvalue weighted by atomic mass is 10.0. The molecule has 0 atom stereocenters. The van der Waals surface area contributed by atoms with Crippen LogP contribution in [0, 0.1) is 5.82 Å². The Morgan fingerprint density at radius 3 is 2.54 bits per heavy atom. The van der Waals surface area contributed by atoms with Gasteiger partial charge in [0.1, 0.15) is 23.6 Å². The van der Waals surface area contributed by atoms with E-state index < -0.39 is 0 Å². The molecule has 0 amide bonds. The van der Waals surface area contributed by atoms with E-state index in [0.717, 1.165) is 31.6 Å². The highest BCUT2D eigenvalue weighted by atomic mass is 35.5. The molecule has 212 valence electrons. The molecular formula is C29H30ClFN8O2. The van der Waals surface area contributed by atoms with Crippen molar-refractivity contribution in [1.29, 1.82) is 0 Å². The van der Waals surface area contributed by atoms with Gasteiger partial charge < -0.3 is 24.6 Å². The summed E-state index contributed by atoms with van der Waals surface area (Å²) in [5, 5.41) is 12.6. The highest BCUT2D eigenvalue weighted by Crippen LogP contribution is 2.41. The van der Waals surface area contributed by atoms with Crippen LogP contribution in [-0.2, 0) is 0 Å². The van der Waals surface area contributed by atoms with Crippen molar-refractivity contribution in [2.75, 3.05) is 51.6 Å². The third-order valence-corrected chi connectivity index (χ3v) is 8.02. The number of aromatic nitrogens is 5. The van der Waals surface area contributed by atoms with Crippen molar-refractivity contribution in [3.8, 4) is 22.6 Å². The maximum atomic E-state index is 15.2.